The number of carbonyl (C=O) groups excluding carboxylic acids is 4. The van der Waals surface area contributed by atoms with Crippen molar-refractivity contribution >= 4 is 35.2 Å². The first kappa shape index (κ1) is 37.8. The van der Waals surface area contributed by atoms with E-state index in [0.717, 1.165) is 5.32 Å². The van der Waals surface area contributed by atoms with Crippen LogP contribution in [0.3, 0.4) is 0 Å². The fourth-order valence-electron chi connectivity index (χ4n) is 4.56. The van der Waals surface area contributed by atoms with Crippen LogP contribution in [0.1, 0.15) is 41.4 Å². The Kier molecular flexibility index (Phi) is 13.0. The van der Waals surface area contributed by atoms with E-state index in [1.54, 1.807) is 30.3 Å². The molecule has 1 heterocycles. The lowest BCUT2D eigenvalue weighted by Gasteiger charge is -2.33. The van der Waals surface area contributed by atoms with Gasteiger partial charge in [-0.1, -0.05) is 67.9 Å². The number of benzene rings is 2. The number of halogens is 6. The molecule has 0 saturated heterocycles. The van der Waals surface area contributed by atoms with Crippen molar-refractivity contribution in [2.24, 2.45) is 5.92 Å². The first-order valence-corrected chi connectivity index (χ1v) is 14.9. The second-order valence-electron chi connectivity index (χ2n) is 11.1. The van der Waals surface area contributed by atoms with E-state index in [0.29, 0.717) is 10.6 Å². The highest BCUT2D eigenvalue weighted by Gasteiger charge is 2.52. The Hall–Kier alpha value is -4.63. The molecule has 258 valence electrons. The van der Waals surface area contributed by atoms with Gasteiger partial charge in [0, 0.05) is 29.4 Å². The molecule has 0 saturated carbocycles. The van der Waals surface area contributed by atoms with Crippen LogP contribution in [-0.4, -0.2) is 70.6 Å². The van der Waals surface area contributed by atoms with E-state index in [1.165, 1.54) is 62.6 Å². The average Bonchev–Trinajstić information content (AvgIpc) is 3.04. The van der Waals surface area contributed by atoms with E-state index < -0.39 is 72.4 Å². The van der Waals surface area contributed by atoms with Gasteiger partial charge in [-0.15, -0.1) is 0 Å². The molecule has 5 N–H and O–H groups in total. The number of aliphatic hydroxyl groups is 1. The average molecular weight is 698 g/mol. The zero-order chi connectivity index (χ0) is 35.6. The molecule has 0 aliphatic heterocycles. The summed E-state index contributed by atoms with van der Waals surface area (Å²) in [6.45, 7) is 0.580. The molecule has 0 spiro atoms. The Morgan fingerprint density at radius 3 is 2.08 bits per heavy atom. The number of hydrogen-bond donors (Lipinski definition) is 5. The Bertz CT molecular complexity index is 1560. The van der Waals surface area contributed by atoms with Gasteiger partial charge in [0.05, 0.1) is 6.04 Å². The Morgan fingerprint density at radius 2 is 1.50 bits per heavy atom. The molecule has 4 atom stereocenters. The van der Waals surface area contributed by atoms with E-state index in [2.05, 4.69) is 20.9 Å². The summed E-state index contributed by atoms with van der Waals surface area (Å²) in [6.07, 6.45) is -5.29. The highest BCUT2D eigenvalue weighted by Crippen LogP contribution is 2.26. The lowest BCUT2D eigenvalue weighted by Crippen LogP contribution is -2.61. The third-order valence-corrected chi connectivity index (χ3v) is 7.30. The fourth-order valence-corrected chi connectivity index (χ4v) is 4.77. The maximum absolute atomic E-state index is 14.9. The van der Waals surface area contributed by atoms with Gasteiger partial charge in [-0.25, -0.2) is 0 Å². The quantitative estimate of drug-likeness (QED) is 0.162. The van der Waals surface area contributed by atoms with Gasteiger partial charge in [0.2, 0.25) is 11.8 Å². The first-order chi connectivity index (χ1) is 22.5. The van der Waals surface area contributed by atoms with Crippen molar-refractivity contribution < 1.29 is 46.2 Å². The number of carbonyl (C=O) groups is 4. The number of nitrogens with zero attached hydrogens (tertiary/aromatic N) is 1. The third-order valence-electron chi connectivity index (χ3n) is 7.07. The van der Waals surface area contributed by atoms with Crippen molar-refractivity contribution in [1.82, 2.24) is 26.3 Å². The number of aliphatic hydroxyl groups excluding tert-OH is 1. The molecule has 3 rings (SSSR count). The highest BCUT2D eigenvalue weighted by molar-refractivity contribution is 6.30. The van der Waals surface area contributed by atoms with Crippen LogP contribution in [0.4, 0.5) is 22.0 Å². The molecule has 3 aromatic rings. The van der Waals surface area contributed by atoms with Gasteiger partial charge in [-0.05, 0) is 41.3 Å². The van der Waals surface area contributed by atoms with Gasteiger partial charge >= 0.3 is 12.1 Å². The van der Waals surface area contributed by atoms with E-state index >= 15 is 0 Å². The van der Waals surface area contributed by atoms with Crippen LogP contribution < -0.4 is 21.3 Å². The lowest BCUT2D eigenvalue weighted by atomic mass is 9.93. The summed E-state index contributed by atoms with van der Waals surface area (Å²) in [5, 5.41) is 19.3. The smallest absolute Gasteiger partial charge is 0.384 e. The van der Waals surface area contributed by atoms with E-state index in [-0.39, 0.29) is 17.5 Å². The maximum atomic E-state index is 14.9. The summed E-state index contributed by atoms with van der Waals surface area (Å²) >= 11 is 6.11. The van der Waals surface area contributed by atoms with Crippen molar-refractivity contribution in [3.05, 3.63) is 101 Å². The zero-order valence-electron chi connectivity index (χ0n) is 25.6. The molecule has 2 aromatic carbocycles. The molecule has 4 amide bonds. The molecular weight excluding hydrogens is 665 g/mol. The van der Waals surface area contributed by atoms with Crippen LogP contribution in [0.2, 0.25) is 5.02 Å². The minimum atomic E-state index is -4.99. The van der Waals surface area contributed by atoms with Crippen molar-refractivity contribution in [3.8, 4) is 0 Å². The lowest BCUT2D eigenvalue weighted by molar-refractivity contribution is -0.175. The number of hydrogen-bond acceptors (Lipinski definition) is 6. The van der Waals surface area contributed by atoms with Gasteiger partial charge in [-0.2, -0.15) is 22.0 Å². The number of aromatic nitrogens is 1. The monoisotopic (exact) mass is 697 g/mol. The summed E-state index contributed by atoms with van der Waals surface area (Å²) in [5.41, 5.74) is 0.907. The molecule has 48 heavy (non-hydrogen) atoms. The Morgan fingerprint density at radius 1 is 0.854 bits per heavy atom. The molecule has 0 radical (unpaired) electrons. The summed E-state index contributed by atoms with van der Waals surface area (Å²) in [4.78, 5) is 56.3. The molecule has 0 fully saturated rings. The highest BCUT2D eigenvalue weighted by atomic mass is 35.5. The van der Waals surface area contributed by atoms with Crippen LogP contribution in [-0.2, 0) is 20.8 Å². The van der Waals surface area contributed by atoms with Crippen LogP contribution >= 0.6 is 11.6 Å². The number of nitrogens with one attached hydrogen (secondary N) is 4. The van der Waals surface area contributed by atoms with Gasteiger partial charge in [0.25, 0.3) is 11.8 Å². The first-order valence-electron chi connectivity index (χ1n) is 14.5. The molecule has 10 nitrogen and oxygen atoms in total. The van der Waals surface area contributed by atoms with Crippen LogP contribution in [0.5, 0.6) is 0 Å². The summed E-state index contributed by atoms with van der Waals surface area (Å²) in [6, 6.07) is 12.1. The van der Waals surface area contributed by atoms with Crippen molar-refractivity contribution in [3.63, 3.8) is 0 Å². The van der Waals surface area contributed by atoms with Gasteiger partial charge in [-0.3, -0.25) is 24.2 Å². The van der Waals surface area contributed by atoms with Crippen molar-refractivity contribution in [2.75, 3.05) is 6.54 Å². The molecular formula is C32H33ClF5N5O5. The van der Waals surface area contributed by atoms with Crippen LogP contribution in [0.25, 0.3) is 0 Å². The third kappa shape index (κ3) is 10.7. The Balaban J connectivity index is 1.90. The normalized spacial score (nSPS) is 14.3. The second-order valence-corrected chi connectivity index (χ2v) is 11.5. The molecule has 0 unspecified atom stereocenters. The predicted octanol–water partition coefficient (Wildman–Crippen LogP) is 3.75. The van der Waals surface area contributed by atoms with E-state index in [1.807, 2.05) is 0 Å². The second kappa shape index (κ2) is 16.5. The molecule has 16 heteroatoms. The maximum Gasteiger partial charge on any atom is 0.405 e. The van der Waals surface area contributed by atoms with Crippen molar-refractivity contribution in [2.45, 2.75) is 56.6 Å². The Labute approximate surface area is 277 Å². The molecule has 0 aliphatic rings. The summed E-state index contributed by atoms with van der Waals surface area (Å²) in [7, 11) is 0. The van der Waals surface area contributed by atoms with Gasteiger partial charge in [0.1, 0.15) is 24.7 Å². The van der Waals surface area contributed by atoms with Crippen molar-refractivity contribution in [1.29, 1.82) is 0 Å². The molecule has 0 bridgehead atoms. The summed E-state index contributed by atoms with van der Waals surface area (Å²) in [5.74, 6) is -10.7. The largest absolute Gasteiger partial charge is 0.405 e. The van der Waals surface area contributed by atoms with Crippen LogP contribution in [0.15, 0.2) is 79.1 Å². The minimum absolute atomic E-state index is 0.0844. The fraction of sp³-hybridized carbons (Fsp3) is 0.344. The van der Waals surface area contributed by atoms with Gasteiger partial charge < -0.3 is 26.4 Å². The zero-order valence-corrected chi connectivity index (χ0v) is 26.4. The van der Waals surface area contributed by atoms with E-state index in [9.17, 15) is 46.2 Å². The number of alkyl halides is 5. The number of rotatable bonds is 14. The summed E-state index contributed by atoms with van der Waals surface area (Å²) < 4.78 is 67.3. The number of pyridine rings is 1. The predicted molar refractivity (Wildman–Crippen MR) is 165 cm³/mol. The van der Waals surface area contributed by atoms with E-state index in [4.69, 9.17) is 11.6 Å². The number of amides is 4. The molecule has 1 aromatic heterocycles. The topological polar surface area (TPSA) is 150 Å². The minimum Gasteiger partial charge on any atom is -0.384 e. The standard InChI is InChI=1S/C32H33ClF5N5O5/c1-18(2)24(26(44)32(37,38)30(48)40-17-31(34,35)36)42-29(47)25(20-8-4-3-5-9-20)43-28(46)23(16-19-7-6-10-22(33)15-19)41-27(45)21-11-13-39-14-12-21/h3-15,18,23-26,44H,16-17H2,1-2H3,(H,40,48)(H,41,45)(H,42,47)(H,43,46)/t23-,24-,25-,26+/m0/s1. The molecule has 0 aliphatic carbocycles. The van der Waals surface area contributed by atoms with Gasteiger partial charge in [0.15, 0.2) is 0 Å². The van der Waals surface area contributed by atoms with Crippen LogP contribution in [0, 0.1) is 5.92 Å². The SMILES string of the molecule is CC(C)[C@H](NC(=O)[C@@H](NC(=O)[C@H](Cc1cccc(Cl)c1)NC(=O)c1ccncc1)c1ccccc1)[C@@H](O)C(F)(F)C(=O)NCC(F)(F)F.